The molecular weight excluding hydrogens is 184 g/mol. The van der Waals surface area contributed by atoms with Gasteiger partial charge >= 0.3 is 0 Å². The van der Waals surface area contributed by atoms with Crippen LogP contribution in [-0.2, 0) is 0 Å². The van der Waals surface area contributed by atoms with Crippen molar-refractivity contribution in [3.8, 4) is 0 Å². The van der Waals surface area contributed by atoms with Crippen LogP contribution < -0.4 is 5.32 Å². The van der Waals surface area contributed by atoms with Crippen LogP contribution in [0.3, 0.4) is 0 Å². The van der Waals surface area contributed by atoms with Crippen LogP contribution in [0.15, 0.2) is 0 Å². The summed E-state index contributed by atoms with van der Waals surface area (Å²) >= 11 is 0. The molecule has 0 aromatic carbocycles. The van der Waals surface area contributed by atoms with Crippen LogP contribution in [0.5, 0.6) is 0 Å². The number of hydrogen-bond donors (Lipinski definition) is 1. The normalized spacial score (nSPS) is 27.6. The lowest BCUT2D eigenvalue weighted by Crippen LogP contribution is -2.44. The molecule has 15 heavy (non-hydrogen) atoms. The summed E-state index contributed by atoms with van der Waals surface area (Å²) in [4.78, 5) is 2.47. The summed E-state index contributed by atoms with van der Waals surface area (Å²) in [6.45, 7) is 10.7. The smallest absolute Gasteiger partial charge is 0.00793 e. The summed E-state index contributed by atoms with van der Waals surface area (Å²) in [5.74, 6) is 1.67. The maximum atomic E-state index is 3.70. The molecule has 0 radical (unpaired) electrons. The number of hydrogen-bond acceptors (Lipinski definition) is 2. The molecule has 1 heterocycles. The van der Waals surface area contributed by atoms with Gasteiger partial charge in [0.15, 0.2) is 0 Å². The topological polar surface area (TPSA) is 15.3 Å². The average Bonchev–Trinajstić information content (AvgIpc) is 2.25. The largest absolute Gasteiger partial charge is 0.314 e. The van der Waals surface area contributed by atoms with Gasteiger partial charge in [-0.25, -0.2) is 0 Å². The minimum absolute atomic E-state index is 0.682. The first-order chi connectivity index (χ1) is 7.13. The standard InChI is InChI=1S/C13H28N2/c1-5-11(2)9-14-12(3)13-7-6-8-15(4)10-13/h11-14H,5-10H2,1-4H3. The van der Waals surface area contributed by atoms with E-state index in [1.807, 2.05) is 0 Å². The Morgan fingerprint density at radius 2 is 2.13 bits per heavy atom. The Morgan fingerprint density at radius 1 is 1.40 bits per heavy atom. The van der Waals surface area contributed by atoms with Gasteiger partial charge in [-0.2, -0.15) is 0 Å². The van der Waals surface area contributed by atoms with Gasteiger partial charge in [0, 0.05) is 12.6 Å². The highest BCUT2D eigenvalue weighted by Gasteiger charge is 2.22. The van der Waals surface area contributed by atoms with Crippen molar-refractivity contribution in [2.24, 2.45) is 11.8 Å². The van der Waals surface area contributed by atoms with Crippen molar-refractivity contribution in [1.82, 2.24) is 10.2 Å². The number of likely N-dealkylation sites (tertiary alicyclic amines) is 1. The van der Waals surface area contributed by atoms with Crippen LogP contribution in [0.2, 0.25) is 0 Å². The third-order valence-electron chi connectivity index (χ3n) is 3.85. The Balaban J connectivity index is 2.23. The van der Waals surface area contributed by atoms with Crippen LogP contribution in [0.4, 0.5) is 0 Å². The molecular formula is C13H28N2. The van der Waals surface area contributed by atoms with Crippen molar-refractivity contribution in [1.29, 1.82) is 0 Å². The zero-order valence-corrected chi connectivity index (χ0v) is 10.9. The van der Waals surface area contributed by atoms with E-state index in [4.69, 9.17) is 0 Å². The Labute approximate surface area is 95.4 Å². The molecule has 2 heteroatoms. The van der Waals surface area contributed by atoms with Crippen LogP contribution >= 0.6 is 0 Å². The molecule has 90 valence electrons. The van der Waals surface area contributed by atoms with Crippen LogP contribution in [0.25, 0.3) is 0 Å². The molecule has 1 saturated heterocycles. The van der Waals surface area contributed by atoms with E-state index in [1.165, 1.54) is 38.9 Å². The fraction of sp³-hybridized carbons (Fsp3) is 1.00. The molecule has 1 aliphatic rings. The van der Waals surface area contributed by atoms with Crippen LogP contribution in [0.1, 0.15) is 40.0 Å². The number of nitrogens with zero attached hydrogens (tertiary/aromatic N) is 1. The van der Waals surface area contributed by atoms with E-state index in [0.717, 1.165) is 11.8 Å². The highest BCUT2D eigenvalue weighted by molar-refractivity contribution is 4.79. The Bertz CT molecular complexity index is 170. The molecule has 3 unspecified atom stereocenters. The van der Waals surface area contributed by atoms with Gasteiger partial charge in [-0.3, -0.25) is 0 Å². The van der Waals surface area contributed by atoms with E-state index >= 15 is 0 Å². The zero-order valence-electron chi connectivity index (χ0n) is 10.9. The highest BCUT2D eigenvalue weighted by Crippen LogP contribution is 2.18. The second-order valence-corrected chi connectivity index (χ2v) is 5.37. The van der Waals surface area contributed by atoms with Crippen molar-refractivity contribution in [3.63, 3.8) is 0 Å². The van der Waals surface area contributed by atoms with Crippen LogP contribution in [0, 0.1) is 11.8 Å². The van der Waals surface area contributed by atoms with E-state index in [0.29, 0.717) is 6.04 Å². The van der Waals surface area contributed by atoms with Gasteiger partial charge in [0.2, 0.25) is 0 Å². The molecule has 1 N–H and O–H groups in total. The van der Waals surface area contributed by atoms with Gasteiger partial charge in [-0.1, -0.05) is 20.3 Å². The molecule has 0 amide bonds. The lowest BCUT2D eigenvalue weighted by Gasteiger charge is -2.34. The second-order valence-electron chi connectivity index (χ2n) is 5.37. The van der Waals surface area contributed by atoms with E-state index in [2.05, 4.69) is 38.0 Å². The summed E-state index contributed by atoms with van der Waals surface area (Å²) in [7, 11) is 2.24. The summed E-state index contributed by atoms with van der Waals surface area (Å²) < 4.78 is 0. The van der Waals surface area contributed by atoms with Crippen molar-refractivity contribution in [2.45, 2.75) is 46.1 Å². The van der Waals surface area contributed by atoms with Crippen molar-refractivity contribution >= 4 is 0 Å². The van der Waals surface area contributed by atoms with Gasteiger partial charge in [-0.05, 0) is 51.7 Å². The van der Waals surface area contributed by atoms with Gasteiger partial charge in [0.25, 0.3) is 0 Å². The molecule has 0 spiro atoms. The predicted octanol–water partition coefficient (Wildman–Crippen LogP) is 2.35. The van der Waals surface area contributed by atoms with Gasteiger partial charge in [0.1, 0.15) is 0 Å². The first kappa shape index (κ1) is 13.0. The molecule has 0 aliphatic carbocycles. The van der Waals surface area contributed by atoms with Crippen molar-refractivity contribution < 1.29 is 0 Å². The van der Waals surface area contributed by atoms with Gasteiger partial charge in [0.05, 0.1) is 0 Å². The maximum Gasteiger partial charge on any atom is 0.00793 e. The molecule has 1 aliphatic heterocycles. The van der Waals surface area contributed by atoms with E-state index in [9.17, 15) is 0 Å². The maximum absolute atomic E-state index is 3.70. The van der Waals surface area contributed by atoms with Crippen molar-refractivity contribution in [3.05, 3.63) is 0 Å². The summed E-state index contributed by atoms with van der Waals surface area (Å²) in [6, 6.07) is 0.682. The van der Waals surface area contributed by atoms with E-state index < -0.39 is 0 Å². The molecule has 0 aromatic heterocycles. The first-order valence-electron chi connectivity index (χ1n) is 6.55. The monoisotopic (exact) mass is 212 g/mol. The minimum Gasteiger partial charge on any atom is -0.314 e. The van der Waals surface area contributed by atoms with Crippen molar-refractivity contribution in [2.75, 3.05) is 26.7 Å². The average molecular weight is 212 g/mol. The molecule has 3 atom stereocenters. The number of piperidine rings is 1. The minimum atomic E-state index is 0.682. The second kappa shape index (κ2) is 6.49. The van der Waals surface area contributed by atoms with Gasteiger partial charge < -0.3 is 10.2 Å². The Morgan fingerprint density at radius 3 is 2.73 bits per heavy atom. The van der Waals surface area contributed by atoms with E-state index in [1.54, 1.807) is 0 Å². The third kappa shape index (κ3) is 4.52. The van der Waals surface area contributed by atoms with Gasteiger partial charge in [-0.15, -0.1) is 0 Å². The first-order valence-corrected chi connectivity index (χ1v) is 6.55. The summed E-state index contributed by atoms with van der Waals surface area (Å²) in [5, 5.41) is 3.70. The number of rotatable bonds is 5. The molecule has 2 nitrogen and oxygen atoms in total. The highest BCUT2D eigenvalue weighted by atomic mass is 15.1. The summed E-state index contributed by atoms with van der Waals surface area (Å²) in [6.07, 6.45) is 4.06. The molecule has 0 bridgehead atoms. The van der Waals surface area contributed by atoms with Crippen LogP contribution in [-0.4, -0.2) is 37.6 Å². The summed E-state index contributed by atoms with van der Waals surface area (Å²) in [5.41, 5.74) is 0. The zero-order chi connectivity index (χ0) is 11.3. The lowest BCUT2D eigenvalue weighted by atomic mass is 9.91. The lowest BCUT2D eigenvalue weighted by molar-refractivity contribution is 0.177. The number of nitrogens with one attached hydrogen (secondary N) is 1. The Hall–Kier alpha value is -0.0800. The molecule has 1 rings (SSSR count). The molecule has 0 saturated carbocycles. The fourth-order valence-corrected chi connectivity index (χ4v) is 2.31. The van der Waals surface area contributed by atoms with E-state index in [-0.39, 0.29) is 0 Å². The Kier molecular flexibility index (Phi) is 5.62. The fourth-order valence-electron chi connectivity index (χ4n) is 2.31. The third-order valence-corrected chi connectivity index (χ3v) is 3.85. The molecule has 0 aromatic rings. The molecule has 1 fully saturated rings. The SMILES string of the molecule is CCC(C)CNC(C)C1CCCN(C)C1. The predicted molar refractivity (Wildman–Crippen MR) is 67.1 cm³/mol. The quantitative estimate of drug-likeness (QED) is 0.752.